The van der Waals surface area contributed by atoms with E-state index < -0.39 is 11.9 Å². The first kappa shape index (κ1) is 80.1. The van der Waals surface area contributed by atoms with Gasteiger partial charge in [0.15, 0.2) is 0 Å². The van der Waals surface area contributed by atoms with Gasteiger partial charge in [-0.05, 0) is 55.8 Å². The summed E-state index contributed by atoms with van der Waals surface area (Å²) in [6.45, 7) is 9.87. The maximum absolute atomic E-state index is 12.8. The molecule has 0 aliphatic carbocycles. The molecule has 486 valence electrons. The maximum atomic E-state index is 12.8. The lowest BCUT2D eigenvalue weighted by Gasteiger charge is -2.28. The monoisotopic (exact) mass is 1160 g/mol. The van der Waals surface area contributed by atoms with Crippen molar-refractivity contribution in [3.05, 3.63) is 0 Å². The van der Waals surface area contributed by atoms with Crippen molar-refractivity contribution in [1.29, 1.82) is 0 Å². The molecule has 4 atom stereocenters. The Morgan fingerprint density at radius 3 is 0.683 bits per heavy atom. The molecule has 1 amide bonds. The lowest BCUT2D eigenvalue weighted by molar-refractivity contribution is -0.138. The molecule has 0 aliphatic heterocycles. The molecule has 0 radical (unpaired) electrons. The number of carbonyl (C=O) groups excluding carboxylic acids is 2. The van der Waals surface area contributed by atoms with E-state index in [0.29, 0.717) is 44.4 Å². The van der Waals surface area contributed by atoms with Crippen LogP contribution in [0.25, 0.3) is 0 Å². The van der Waals surface area contributed by atoms with Crippen molar-refractivity contribution in [2.45, 2.75) is 426 Å². The number of carboxylic acids is 2. The maximum Gasteiger partial charge on any atom is 0.303 e. The molecular formula is C75H145NO6. The van der Waals surface area contributed by atoms with Crippen LogP contribution >= 0.6 is 0 Å². The molecule has 7 nitrogen and oxygen atoms in total. The number of unbranched alkanes of at least 4 members (excludes halogenated alkanes) is 40. The van der Waals surface area contributed by atoms with Gasteiger partial charge in [-0.2, -0.15) is 0 Å². The molecule has 0 aromatic carbocycles. The van der Waals surface area contributed by atoms with Crippen LogP contribution in [0.1, 0.15) is 426 Å². The van der Waals surface area contributed by atoms with Crippen LogP contribution in [0.5, 0.6) is 0 Å². The number of rotatable bonds is 70. The van der Waals surface area contributed by atoms with Crippen LogP contribution in [-0.4, -0.2) is 40.4 Å². The highest BCUT2D eigenvalue weighted by atomic mass is 16.4. The van der Waals surface area contributed by atoms with Crippen LogP contribution in [0.15, 0.2) is 0 Å². The van der Waals surface area contributed by atoms with Gasteiger partial charge >= 0.3 is 11.9 Å². The normalized spacial score (nSPS) is 13.1. The molecule has 0 aromatic rings. The van der Waals surface area contributed by atoms with Gasteiger partial charge in [0.1, 0.15) is 5.78 Å². The fourth-order valence-corrected chi connectivity index (χ4v) is 13.6. The molecule has 0 bridgehead atoms. The van der Waals surface area contributed by atoms with Crippen molar-refractivity contribution in [2.75, 3.05) is 6.54 Å². The van der Waals surface area contributed by atoms with Crippen molar-refractivity contribution in [3.8, 4) is 0 Å². The summed E-state index contributed by atoms with van der Waals surface area (Å²) in [7, 11) is 0. The number of ketones is 1. The molecule has 0 spiro atoms. The minimum absolute atomic E-state index is 0.153. The topological polar surface area (TPSA) is 121 Å². The number of aliphatic carboxylic acids is 2. The van der Waals surface area contributed by atoms with E-state index in [4.69, 9.17) is 10.2 Å². The fraction of sp³-hybridized carbons (Fsp3) is 0.947. The van der Waals surface area contributed by atoms with E-state index in [1.165, 1.54) is 308 Å². The van der Waals surface area contributed by atoms with Gasteiger partial charge in [0.05, 0.1) is 0 Å². The molecule has 7 heteroatoms. The second-order valence-corrected chi connectivity index (χ2v) is 26.7. The first-order valence-electron chi connectivity index (χ1n) is 37.4. The number of nitrogens with one attached hydrogen (secondary N) is 1. The highest BCUT2D eigenvalue weighted by molar-refractivity contribution is 5.78. The molecule has 0 heterocycles. The molecule has 3 N–H and O–H groups in total. The Hall–Kier alpha value is -1.92. The van der Waals surface area contributed by atoms with Crippen molar-refractivity contribution in [3.63, 3.8) is 0 Å². The summed E-state index contributed by atoms with van der Waals surface area (Å²) < 4.78 is 0. The summed E-state index contributed by atoms with van der Waals surface area (Å²) in [5, 5.41) is 21.1. The molecule has 0 saturated carbocycles. The van der Waals surface area contributed by atoms with E-state index in [-0.39, 0.29) is 5.91 Å². The summed E-state index contributed by atoms with van der Waals surface area (Å²) in [4.78, 5) is 47.3. The SMILES string of the molecule is CCCCCCCCC(CCCCCCCCC(=O)O)C(CCCCCCCC)CCCCCCCCC(=O)CCCNC(=O)CCCCCCCCC(CCCCCCCC)C(CCCCCCCC)CCCCCCCCC(=O)O. The van der Waals surface area contributed by atoms with E-state index in [2.05, 4.69) is 33.0 Å². The van der Waals surface area contributed by atoms with Gasteiger partial charge in [-0.25, -0.2) is 0 Å². The first-order chi connectivity index (χ1) is 40.2. The number of hydrogen-bond acceptors (Lipinski definition) is 4. The third kappa shape index (κ3) is 58.5. The highest BCUT2D eigenvalue weighted by Crippen LogP contribution is 2.36. The second kappa shape index (κ2) is 65.1. The number of Topliss-reactive ketones (excluding diaryl/α,β-unsaturated/α-hetero) is 1. The summed E-state index contributed by atoms with van der Waals surface area (Å²) in [5.74, 6) is 2.65. The Balaban J connectivity index is 4.66. The molecule has 0 rings (SSSR count). The summed E-state index contributed by atoms with van der Waals surface area (Å²) >= 11 is 0. The third-order valence-electron chi connectivity index (χ3n) is 18.9. The average Bonchev–Trinajstić information content (AvgIpc) is 3.46. The number of carboxylic acid groups (broad SMARTS) is 2. The Morgan fingerprint density at radius 1 is 0.244 bits per heavy atom. The third-order valence-corrected chi connectivity index (χ3v) is 18.9. The largest absolute Gasteiger partial charge is 0.481 e. The quantitative estimate of drug-likeness (QED) is 0.0522. The van der Waals surface area contributed by atoms with E-state index in [1.54, 1.807) is 0 Å². The van der Waals surface area contributed by atoms with Crippen LogP contribution in [0, 0.1) is 23.7 Å². The predicted molar refractivity (Wildman–Crippen MR) is 356 cm³/mol. The molecule has 0 saturated heterocycles. The van der Waals surface area contributed by atoms with Gasteiger partial charge in [-0.3, -0.25) is 19.2 Å². The standard InChI is InChI=1S/C75H145NO6/c1-5-9-13-17-29-41-54-68(70(56-43-31-19-15-11-7-3)60-47-35-23-27-39-51-65-74(79)80)58-45-33-21-25-37-49-62-72(77)63-53-67-76-73(78)64-50-38-26-22-34-46-59-69(55-42-30-18-14-10-6-2)71(57-44-32-20-16-12-8-4)61-48-36-24-28-40-52-66-75(81)82/h68-71H,5-67H2,1-4H3,(H,76,78)(H,79,80)(H,81,82). The molecule has 82 heavy (non-hydrogen) atoms. The molecular weight excluding hydrogens is 1010 g/mol. The van der Waals surface area contributed by atoms with Gasteiger partial charge in [-0.1, -0.05) is 362 Å². The van der Waals surface area contributed by atoms with Gasteiger partial charge in [0.25, 0.3) is 0 Å². The summed E-state index contributed by atoms with van der Waals surface area (Å²) in [5.41, 5.74) is 0. The van der Waals surface area contributed by atoms with E-state index >= 15 is 0 Å². The Morgan fingerprint density at radius 2 is 0.439 bits per heavy atom. The molecule has 4 unspecified atom stereocenters. The van der Waals surface area contributed by atoms with Crippen LogP contribution < -0.4 is 5.32 Å². The van der Waals surface area contributed by atoms with Crippen LogP contribution in [0.3, 0.4) is 0 Å². The van der Waals surface area contributed by atoms with Gasteiger partial charge in [0, 0.05) is 38.6 Å². The lowest BCUT2D eigenvalue weighted by atomic mass is 9.78. The fourth-order valence-electron chi connectivity index (χ4n) is 13.6. The zero-order chi connectivity index (χ0) is 59.9. The van der Waals surface area contributed by atoms with Crippen LogP contribution in [-0.2, 0) is 19.2 Å². The minimum atomic E-state index is -0.660. The zero-order valence-corrected chi connectivity index (χ0v) is 55.9. The highest BCUT2D eigenvalue weighted by Gasteiger charge is 2.22. The number of carbonyl (C=O) groups is 4. The predicted octanol–water partition coefficient (Wildman–Crippen LogP) is 24.6. The van der Waals surface area contributed by atoms with Crippen molar-refractivity contribution >= 4 is 23.6 Å². The Labute approximate surface area is 512 Å². The Kier molecular flexibility index (Phi) is 63.5. The number of amides is 1. The van der Waals surface area contributed by atoms with Gasteiger partial charge in [0.2, 0.25) is 5.91 Å². The second-order valence-electron chi connectivity index (χ2n) is 26.7. The van der Waals surface area contributed by atoms with Crippen molar-refractivity contribution in [1.82, 2.24) is 5.32 Å². The Bertz CT molecular complexity index is 1250. The average molecular weight is 1160 g/mol. The molecule has 0 aliphatic rings. The summed E-state index contributed by atoms with van der Waals surface area (Å²) in [6, 6.07) is 0. The zero-order valence-electron chi connectivity index (χ0n) is 55.9. The van der Waals surface area contributed by atoms with E-state index in [9.17, 15) is 19.2 Å². The van der Waals surface area contributed by atoms with Gasteiger partial charge in [-0.15, -0.1) is 0 Å². The lowest BCUT2D eigenvalue weighted by Crippen LogP contribution is -2.24. The van der Waals surface area contributed by atoms with E-state index in [0.717, 1.165) is 81.5 Å². The van der Waals surface area contributed by atoms with Crippen molar-refractivity contribution in [2.24, 2.45) is 23.7 Å². The summed E-state index contributed by atoms with van der Waals surface area (Å²) in [6.07, 6.45) is 76.1. The van der Waals surface area contributed by atoms with Crippen LogP contribution in [0.4, 0.5) is 0 Å². The van der Waals surface area contributed by atoms with E-state index in [1.807, 2.05) is 0 Å². The van der Waals surface area contributed by atoms with Crippen LogP contribution in [0.2, 0.25) is 0 Å². The molecule has 0 fully saturated rings. The smallest absolute Gasteiger partial charge is 0.303 e. The van der Waals surface area contributed by atoms with Gasteiger partial charge < -0.3 is 15.5 Å². The number of hydrogen-bond donors (Lipinski definition) is 3. The van der Waals surface area contributed by atoms with Crippen molar-refractivity contribution < 1.29 is 29.4 Å². The molecule has 0 aromatic heterocycles. The minimum Gasteiger partial charge on any atom is -0.481 e. The first-order valence-corrected chi connectivity index (χ1v) is 37.4.